The summed E-state index contributed by atoms with van der Waals surface area (Å²) in [6.45, 7) is 12.6. The lowest BCUT2D eigenvalue weighted by molar-refractivity contribution is -0.142. The molecule has 0 radical (unpaired) electrons. The molecule has 49 heavy (non-hydrogen) atoms. The van der Waals surface area contributed by atoms with Crippen molar-refractivity contribution < 1.29 is 14.3 Å². The normalized spacial score (nSPS) is 20.5. The first-order valence-corrected chi connectivity index (χ1v) is 17.1. The number of para-hydroxylation sites is 1. The van der Waals surface area contributed by atoms with Crippen molar-refractivity contribution in [1.29, 1.82) is 5.26 Å². The molecular formula is C38H44N8O3. The molecule has 254 valence electrons. The molecule has 0 unspecified atom stereocenters. The summed E-state index contributed by atoms with van der Waals surface area (Å²) in [6, 6.07) is 21.5. The number of anilines is 1. The van der Waals surface area contributed by atoms with Crippen LogP contribution in [0, 0.1) is 11.3 Å². The number of fused-ring (bicyclic) bond motifs is 1. The van der Waals surface area contributed by atoms with Gasteiger partial charge in [0.1, 0.15) is 34.7 Å². The number of ether oxygens (including phenoxy) is 2. The molecule has 0 spiro atoms. The zero-order chi connectivity index (χ0) is 34.2. The Hall–Kier alpha value is -4.76. The molecule has 5 heterocycles. The molecule has 11 heteroatoms. The monoisotopic (exact) mass is 660 g/mol. The predicted molar refractivity (Wildman–Crippen MR) is 189 cm³/mol. The summed E-state index contributed by atoms with van der Waals surface area (Å²) in [5, 5.41) is 16.1. The van der Waals surface area contributed by atoms with E-state index in [-0.39, 0.29) is 23.1 Å². The molecule has 0 aliphatic carbocycles. The maximum atomic E-state index is 13.9. The smallest absolute Gasteiger partial charge is 0.264 e. The molecule has 3 fully saturated rings. The number of pyridine rings is 1. The zero-order valence-corrected chi connectivity index (χ0v) is 28.5. The number of amides is 1. The number of piperazine rings is 1. The summed E-state index contributed by atoms with van der Waals surface area (Å²) in [5.41, 5.74) is 8.80. The second-order valence-electron chi connectivity index (χ2n) is 14.2. The highest BCUT2D eigenvalue weighted by Gasteiger charge is 2.42. The summed E-state index contributed by atoms with van der Waals surface area (Å²) in [6.07, 6.45) is 5.20. The number of likely N-dealkylation sites (tertiary alicyclic amines) is 1. The van der Waals surface area contributed by atoms with Crippen molar-refractivity contribution in [1.82, 2.24) is 29.5 Å². The third-order valence-electron chi connectivity index (χ3n) is 10.3. The standard InChI is InChI=1S/C38H44N8O3/c1-37(2,44-18-20-45(21-19-44)38(3)25-48-26-38)22-28(23-39)36(47)43-17-7-8-29(24-43)46-32-15-16-41-35(40)33(32)34(42-46)27-11-13-31(14-12-27)49-30-9-5-4-6-10-30/h4-6,9-16,22,29H,7-8,17-21,24-26H2,1-3H3,(H2,40,41)/b28-22+/t29-/m1/s1. The van der Waals surface area contributed by atoms with Crippen molar-refractivity contribution in [2.45, 2.75) is 50.7 Å². The van der Waals surface area contributed by atoms with Gasteiger partial charge in [0.25, 0.3) is 5.91 Å². The molecule has 2 aromatic heterocycles. The van der Waals surface area contributed by atoms with Crippen LogP contribution in [0.3, 0.4) is 0 Å². The second kappa shape index (κ2) is 13.3. The lowest BCUT2D eigenvalue weighted by Crippen LogP contribution is -2.66. The van der Waals surface area contributed by atoms with Gasteiger partial charge in [-0.25, -0.2) is 4.98 Å². The molecule has 3 aliphatic heterocycles. The summed E-state index contributed by atoms with van der Waals surface area (Å²) in [5.74, 6) is 1.65. The van der Waals surface area contributed by atoms with E-state index in [9.17, 15) is 10.1 Å². The Kier molecular flexibility index (Phi) is 8.88. The number of nitrogen functional groups attached to an aromatic ring is 1. The number of benzene rings is 2. The Morgan fingerprint density at radius 2 is 1.76 bits per heavy atom. The molecule has 4 aromatic rings. The van der Waals surface area contributed by atoms with Gasteiger partial charge < -0.3 is 20.1 Å². The zero-order valence-electron chi connectivity index (χ0n) is 28.5. The quantitative estimate of drug-likeness (QED) is 0.199. The number of nitriles is 1. The second-order valence-corrected chi connectivity index (χ2v) is 14.2. The minimum absolute atomic E-state index is 0.0886. The van der Waals surface area contributed by atoms with E-state index >= 15 is 0 Å². The van der Waals surface area contributed by atoms with E-state index in [1.54, 1.807) is 6.20 Å². The minimum Gasteiger partial charge on any atom is -0.457 e. The largest absolute Gasteiger partial charge is 0.457 e. The highest BCUT2D eigenvalue weighted by molar-refractivity contribution is 6.00. The Morgan fingerprint density at radius 1 is 1.04 bits per heavy atom. The third kappa shape index (κ3) is 6.52. The number of nitrogens with zero attached hydrogens (tertiary/aromatic N) is 7. The van der Waals surface area contributed by atoms with Crippen molar-refractivity contribution >= 4 is 22.6 Å². The topological polar surface area (TPSA) is 126 Å². The fourth-order valence-corrected chi connectivity index (χ4v) is 7.40. The van der Waals surface area contributed by atoms with Crippen molar-refractivity contribution in [2.75, 3.05) is 58.2 Å². The average Bonchev–Trinajstić information content (AvgIpc) is 3.51. The summed E-state index contributed by atoms with van der Waals surface area (Å²) < 4.78 is 13.5. The number of carbonyl (C=O) groups is 1. The van der Waals surface area contributed by atoms with Crippen LogP contribution in [0.25, 0.3) is 22.2 Å². The predicted octanol–water partition coefficient (Wildman–Crippen LogP) is 5.27. The molecule has 0 saturated carbocycles. The third-order valence-corrected chi connectivity index (χ3v) is 10.3. The van der Waals surface area contributed by atoms with E-state index in [2.05, 4.69) is 41.6 Å². The number of piperidine rings is 1. The molecule has 0 bridgehead atoms. The fraction of sp³-hybridized carbons (Fsp3) is 0.421. The van der Waals surface area contributed by atoms with Crippen molar-refractivity contribution in [3.05, 3.63) is 78.5 Å². The van der Waals surface area contributed by atoms with Gasteiger partial charge in [0.2, 0.25) is 0 Å². The lowest BCUT2D eigenvalue weighted by Gasteiger charge is -2.52. The van der Waals surface area contributed by atoms with Crippen LogP contribution in [-0.2, 0) is 9.53 Å². The van der Waals surface area contributed by atoms with Crippen LogP contribution in [-0.4, -0.2) is 98.9 Å². The van der Waals surface area contributed by atoms with E-state index < -0.39 is 5.54 Å². The highest BCUT2D eigenvalue weighted by Crippen LogP contribution is 2.36. The van der Waals surface area contributed by atoms with Gasteiger partial charge in [-0.2, -0.15) is 10.4 Å². The Bertz CT molecular complexity index is 1880. The van der Waals surface area contributed by atoms with Gasteiger partial charge in [0, 0.05) is 56.6 Å². The SMILES string of the molecule is CC(C)(/C=C(\C#N)C(=O)N1CCC[C@@H](n2nc(-c3ccc(Oc4ccccc4)cc3)c3c(N)nccc32)C1)N1CCN(C2(C)COC2)CC1. The first kappa shape index (κ1) is 32.8. The first-order chi connectivity index (χ1) is 23.6. The van der Waals surface area contributed by atoms with Crippen molar-refractivity contribution in [3.63, 3.8) is 0 Å². The van der Waals surface area contributed by atoms with Crippen LogP contribution in [0.15, 0.2) is 78.5 Å². The molecule has 2 aromatic carbocycles. The van der Waals surface area contributed by atoms with Gasteiger partial charge in [-0.1, -0.05) is 18.2 Å². The molecule has 1 atom stereocenters. The Balaban J connectivity index is 1.09. The van der Waals surface area contributed by atoms with Crippen LogP contribution < -0.4 is 10.5 Å². The minimum atomic E-state index is -0.446. The van der Waals surface area contributed by atoms with Gasteiger partial charge in [-0.05, 0) is 82.2 Å². The van der Waals surface area contributed by atoms with Crippen LogP contribution in [0.4, 0.5) is 5.82 Å². The van der Waals surface area contributed by atoms with Gasteiger partial charge in [0.15, 0.2) is 0 Å². The molecule has 3 saturated heterocycles. The fourth-order valence-electron chi connectivity index (χ4n) is 7.40. The van der Waals surface area contributed by atoms with Gasteiger partial charge in [0.05, 0.1) is 35.7 Å². The molecule has 1 amide bonds. The highest BCUT2D eigenvalue weighted by atomic mass is 16.5. The summed E-state index contributed by atoms with van der Waals surface area (Å²) in [4.78, 5) is 25.0. The van der Waals surface area contributed by atoms with E-state index in [0.717, 1.165) is 85.9 Å². The molecule has 2 N–H and O–H groups in total. The molecular weight excluding hydrogens is 616 g/mol. The van der Waals surface area contributed by atoms with E-state index in [4.69, 9.17) is 20.3 Å². The first-order valence-electron chi connectivity index (χ1n) is 17.1. The Morgan fingerprint density at radius 3 is 2.43 bits per heavy atom. The Labute approximate surface area is 287 Å². The number of rotatable bonds is 8. The van der Waals surface area contributed by atoms with E-state index in [0.29, 0.717) is 18.9 Å². The number of carbonyl (C=O) groups excluding carboxylic acids is 1. The summed E-state index contributed by atoms with van der Waals surface area (Å²) >= 11 is 0. The summed E-state index contributed by atoms with van der Waals surface area (Å²) in [7, 11) is 0. The maximum absolute atomic E-state index is 13.9. The van der Waals surface area contributed by atoms with E-state index in [1.807, 2.05) is 76.3 Å². The number of nitrogens with two attached hydrogens (primary N) is 1. The number of hydrogen-bond donors (Lipinski definition) is 1. The average molecular weight is 661 g/mol. The number of aromatic nitrogens is 3. The van der Waals surface area contributed by atoms with Gasteiger partial charge in [-0.3, -0.25) is 19.3 Å². The van der Waals surface area contributed by atoms with Crippen molar-refractivity contribution in [3.8, 4) is 28.8 Å². The van der Waals surface area contributed by atoms with Gasteiger partial charge in [-0.15, -0.1) is 0 Å². The van der Waals surface area contributed by atoms with Crippen LogP contribution in [0.5, 0.6) is 11.5 Å². The molecule has 3 aliphatic rings. The maximum Gasteiger partial charge on any atom is 0.264 e. The van der Waals surface area contributed by atoms with Crippen LogP contribution >= 0.6 is 0 Å². The number of hydrogen-bond acceptors (Lipinski definition) is 9. The van der Waals surface area contributed by atoms with Crippen LogP contribution in [0.1, 0.15) is 39.7 Å². The van der Waals surface area contributed by atoms with Gasteiger partial charge >= 0.3 is 0 Å². The van der Waals surface area contributed by atoms with Crippen molar-refractivity contribution in [2.24, 2.45) is 0 Å². The molecule has 7 rings (SSSR count). The van der Waals surface area contributed by atoms with Crippen LogP contribution in [0.2, 0.25) is 0 Å². The lowest BCUT2D eigenvalue weighted by atomic mass is 9.94. The molecule has 11 nitrogen and oxygen atoms in total. The van der Waals surface area contributed by atoms with E-state index in [1.165, 1.54) is 0 Å².